The first-order valence-corrected chi connectivity index (χ1v) is 13.3. The van der Waals surface area contributed by atoms with Crippen LogP contribution >= 0.6 is 0 Å². The van der Waals surface area contributed by atoms with Crippen LogP contribution in [0.4, 0.5) is 4.39 Å². The third kappa shape index (κ3) is 4.55. The number of halogens is 1. The molecule has 2 aliphatic rings. The van der Waals surface area contributed by atoms with Crippen LogP contribution in [-0.2, 0) is 0 Å². The van der Waals surface area contributed by atoms with E-state index in [2.05, 4.69) is 22.1 Å². The van der Waals surface area contributed by atoms with E-state index in [1.54, 1.807) is 18.0 Å². The first kappa shape index (κ1) is 24.9. The largest absolute Gasteiger partial charge is 0.395 e. The van der Waals surface area contributed by atoms with Crippen LogP contribution in [0, 0.1) is 5.82 Å². The minimum absolute atomic E-state index is 0.00322. The fraction of sp³-hybridized carbons (Fsp3) is 0.517. The van der Waals surface area contributed by atoms with Crippen molar-refractivity contribution in [2.24, 2.45) is 0 Å². The fourth-order valence-electron chi connectivity index (χ4n) is 6.19. The lowest BCUT2D eigenvalue weighted by molar-refractivity contribution is 0.0754. The summed E-state index contributed by atoms with van der Waals surface area (Å²) in [5.74, 6) is -0.202. The van der Waals surface area contributed by atoms with Crippen molar-refractivity contribution in [3.8, 4) is 5.69 Å². The lowest BCUT2D eigenvalue weighted by Gasteiger charge is -2.37. The number of amides is 1. The number of rotatable bonds is 6. The minimum atomic E-state index is -0.421. The van der Waals surface area contributed by atoms with Gasteiger partial charge in [0.05, 0.1) is 29.6 Å². The molecule has 3 aromatic rings. The number of fused-ring (bicyclic) bond motifs is 1. The molecule has 0 spiro atoms. The zero-order valence-electron chi connectivity index (χ0n) is 21.5. The summed E-state index contributed by atoms with van der Waals surface area (Å²) in [6, 6.07) is 7.39. The third-order valence-corrected chi connectivity index (χ3v) is 8.42. The minimum Gasteiger partial charge on any atom is -0.395 e. The third-order valence-electron chi connectivity index (χ3n) is 8.42. The standard InChI is InChI=1S/C29H37FN4O2/c1-19(2)32(3)29(36)25-15-21(30)8-11-27(25)34-17-26(24-12-13-31-16-28(24)34)20-6-9-22(10-7-20)33-14-4-5-23(33)18-35/h8,11-13,15-17,19-20,22-23,35H,4-7,9-10,14,18H2,1-3H3/t20-,22+,23-/m0/s1. The van der Waals surface area contributed by atoms with Crippen molar-refractivity contribution in [1.82, 2.24) is 19.4 Å². The van der Waals surface area contributed by atoms with E-state index in [9.17, 15) is 14.3 Å². The SMILES string of the molecule is CC(C)N(C)C(=O)c1cc(F)ccc1-n1cc([C@H]2CC[C@@H](N3CCC[C@H]3CO)CC2)c2ccncc21. The number of nitrogens with zero attached hydrogens (tertiary/aromatic N) is 4. The Morgan fingerprint density at radius 1 is 1.19 bits per heavy atom. The Morgan fingerprint density at radius 3 is 2.69 bits per heavy atom. The van der Waals surface area contributed by atoms with Gasteiger partial charge in [-0.2, -0.15) is 0 Å². The molecule has 192 valence electrons. The second-order valence-corrected chi connectivity index (χ2v) is 10.7. The highest BCUT2D eigenvalue weighted by atomic mass is 19.1. The first-order valence-electron chi connectivity index (χ1n) is 13.3. The Kier molecular flexibility index (Phi) is 7.13. The Balaban J connectivity index is 1.48. The predicted octanol–water partition coefficient (Wildman–Crippen LogP) is 5.13. The smallest absolute Gasteiger partial charge is 0.256 e. The van der Waals surface area contributed by atoms with E-state index in [0.717, 1.165) is 49.6 Å². The first-order chi connectivity index (χ1) is 17.4. The van der Waals surface area contributed by atoms with Crippen LogP contribution < -0.4 is 0 Å². The van der Waals surface area contributed by atoms with Crippen LogP contribution in [0.5, 0.6) is 0 Å². The summed E-state index contributed by atoms with van der Waals surface area (Å²) >= 11 is 0. The molecule has 0 bridgehead atoms. The molecule has 2 aromatic heterocycles. The number of aliphatic hydroxyl groups is 1. The Bertz CT molecular complexity index is 1230. The predicted molar refractivity (Wildman–Crippen MR) is 140 cm³/mol. The summed E-state index contributed by atoms with van der Waals surface area (Å²) in [5, 5.41) is 10.9. The number of benzene rings is 1. The molecule has 1 saturated carbocycles. The van der Waals surface area contributed by atoms with Crippen molar-refractivity contribution in [3.05, 3.63) is 59.8 Å². The van der Waals surface area contributed by atoms with Crippen molar-refractivity contribution in [1.29, 1.82) is 0 Å². The van der Waals surface area contributed by atoms with Crippen LogP contribution in [0.2, 0.25) is 0 Å². The average Bonchev–Trinajstić information content (AvgIpc) is 3.53. The molecule has 7 heteroatoms. The van der Waals surface area contributed by atoms with Crippen LogP contribution in [-0.4, -0.2) is 68.7 Å². The second-order valence-electron chi connectivity index (χ2n) is 10.7. The van der Waals surface area contributed by atoms with Crippen molar-refractivity contribution < 1.29 is 14.3 Å². The molecule has 1 aromatic carbocycles. The quantitative estimate of drug-likeness (QED) is 0.518. The van der Waals surface area contributed by atoms with Gasteiger partial charge in [0.25, 0.3) is 5.91 Å². The molecule has 1 aliphatic heterocycles. The van der Waals surface area contributed by atoms with E-state index < -0.39 is 5.82 Å². The maximum absolute atomic E-state index is 14.3. The molecule has 6 nitrogen and oxygen atoms in total. The number of aliphatic hydroxyl groups excluding tert-OH is 1. The van der Waals surface area contributed by atoms with E-state index in [0.29, 0.717) is 29.3 Å². The normalized spacial score (nSPS) is 23.0. The summed E-state index contributed by atoms with van der Waals surface area (Å²) in [7, 11) is 1.75. The summed E-state index contributed by atoms with van der Waals surface area (Å²) in [4.78, 5) is 21.8. The van der Waals surface area contributed by atoms with Gasteiger partial charge in [0.15, 0.2) is 0 Å². The van der Waals surface area contributed by atoms with E-state index in [4.69, 9.17) is 0 Å². The number of likely N-dealkylation sites (tertiary alicyclic amines) is 1. The zero-order valence-corrected chi connectivity index (χ0v) is 21.5. The Labute approximate surface area is 212 Å². The van der Waals surface area contributed by atoms with Gasteiger partial charge in [-0.25, -0.2) is 4.39 Å². The number of hydrogen-bond donors (Lipinski definition) is 1. The lowest BCUT2D eigenvalue weighted by atomic mass is 9.81. The van der Waals surface area contributed by atoms with E-state index in [1.807, 2.05) is 30.8 Å². The van der Waals surface area contributed by atoms with Crippen molar-refractivity contribution in [2.75, 3.05) is 20.2 Å². The van der Waals surface area contributed by atoms with Gasteiger partial charge in [-0.15, -0.1) is 0 Å². The number of aromatic nitrogens is 2. The molecule has 2 fully saturated rings. The topological polar surface area (TPSA) is 61.6 Å². The van der Waals surface area contributed by atoms with E-state index in [-0.39, 0.29) is 18.6 Å². The van der Waals surface area contributed by atoms with Crippen molar-refractivity contribution >= 4 is 16.8 Å². The highest BCUT2D eigenvalue weighted by molar-refractivity contribution is 5.99. The summed E-state index contributed by atoms with van der Waals surface area (Å²) in [5.41, 5.74) is 3.23. The molecule has 1 atom stereocenters. The van der Waals surface area contributed by atoms with Crippen molar-refractivity contribution in [3.63, 3.8) is 0 Å². The molecular formula is C29H37FN4O2. The van der Waals surface area contributed by atoms with Crippen LogP contribution in [0.1, 0.15) is 74.2 Å². The molecule has 1 saturated heterocycles. The monoisotopic (exact) mass is 492 g/mol. The number of hydrogen-bond acceptors (Lipinski definition) is 4. The summed E-state index contributed by atoms with van der Waals surface area (Å²) < 4.78 is 16.3. The van der Waals surface area contributed by atoms with Gasteiger partial charge in [-0.05, 0) is 94.7 Å². The molecular weight excluding hydrogens is 455 g/mol. The molecule has 3 heterocycles. The maximum Gasteiger partial charge on any atom is 0.256 e. The van der Waals surface area contributed by atoms with Gasteiger partial charge >= 0.3 is 0 Å². The van der Waals surface area contributed by atoms with E-state index in [1.165, 1.54) is 24.1 Å². The maximum atomic E-state index is 14.3. The van der Waals surface area contributed by atoms with Crippen LogP contribution in [0.3, 0.4) is 0 Å². The number of carbonyl (C=O) groups is 1. The Hall–Kier alpha value is -2.77. The van der Waals surface area contributed by atoms with Crippen LogP contribution in [0.25, 0.3) is 16.6 Å². The lowest BCUT2D eigenvalue weighted by Crippen LogP contribution is -2.42. The summed E-state index contributed by atoms with van der Waals surface area (Å²) in [6.07, 6.45) is 12.5. The highest BCUT2D eigenvalue weighted by Gasteiger charge is 2.34. The Morgan fingerprint density at radius 2 is 1.97 bits per heavy atom. The summed E-state index contributed by atoms with van der Waals surface area (Å²) in [6.45, 7) is 5.25. The number of carbonyl (C=O) groups excluding carboxylic acids is 1. The number of pyridine rings is 1. The van der Waals surface area contributed by atoms with E-state index >= 15 is 0 Å². The van der Waals surface area contributed by atoms with Crippen LogP contribution in [0.15, 0.2) is 42.9 Å². The molecule has 5 rings (SSSR count). The second kappa shape index (κ2) is 10.3. The molecule has 1 amide bonds. The molecule has 1 aliphatic carbocycles. The zero-order chi connectivity index (χ0) is 25.4. The average molecular weight is 493 g/mol. The molecule has 0 unspecified atom stereocenters. The molecule has 0 radical (unpaired) electrons. The van der Waals surface area contributed by atoms with Gasteiger partial charge < -0.3 is 14.6 Å². The van der Waals surface area contributed by atoms with Gasteiger partial charge in [0, 0.05) is 43.0 Å². The molecule has 36 heavy (non-hydrogen) atoms. The van der Waals surface area contributed by atoms with Gasteiger partial charge in [0.1, 0.15) is 5.82 Å². The van der Waals surface area contributed by atoms with Crippen molar-refractivity contribution in [2.45, 2.75) is 76.4 Å². The van der Waals surface area contributed by atoms with Gasteiger partial charge in [-0.3, -0.25) is 14.7 Å². The molecule has 1 N–H and O–H groups in total. The van der Waals surface area contributed by atoms with Gasteiger partial charge in [0.2, 0.25) is 0 Å². The highest BCUT2D eigenvalue weighted by Crippen LogP contribution is 2.41. The fourth-order valence-corrected chi connectivity index (χ4v) is 6.19. The van der Waals surface area contributed by atoms with Gasteiger partial charge in [-0.1, -0.05) is 0 Å².